The Hall–Kier alpha value is -1.54. The molecule has 0 amide bonds. The predicted molar refractivity (Wildman–Crippen MR) is 121 cm³/mol. The summed E-state index contributed by atoms with van der Waals surface area (Å²) in [5, 5.41) is 5.26. The van der Waals surface area contributed by atoms with Gasteiger partial charge >= 0.3 is 0 Å². The summed E-state index contributed by atoms with van der Waals surface area (Å²) in [6.45, 7) is 4.63. The first-order valence-electron chi connectivity index (χ1n) is 8.99. The van der Waals surface area contributed by atoms with Crippen LogP contribution in [0.4, 0.5) is 5.82 Å². The van der Waals surface area contributed by atoms with Crippen molar-refractivity contribution >= 4 is 55.0 Å². The van der Waals surface area contributed by atoms with Gasteiger partial charge in [-0.25, -0.2) is 8.42 Å². The van der Waals surface area contributed by atoms with Crippen molar-refractivity contribution in [1.82, 2.24) is 9.78 Å². The first-order chi connectivity index (χ1) is 13.7. The highest BCUT2D eigenvalue weighted by Crippen LogP contribution is 2.27. The van der Waals surface area contributed by atoms with Gasteiger partial charge in [-0.15, -0.1) is 0 Å². The molecular formula is C20H20BrCl2N3O2S. The summed E-state index contributed by atoms with van der Waals surface area (Å²) >= 11 is 15.4. The SMILES string of the molecule is CCC(C)c1ccc(S(=O)(=O)Nc2nn(Cc3ccc(Cl)c(Cl)c3)cc2Br)cc1. The van der Waals surface area contributed by atoms with Gasteiger partial charge in [0.1, 0.15) is 0 Å². The molecule has 0 radical (unpaired) electrons. The molecule has 0 aliphatic rings. The monoisotopic (exact) mass is 515 g/mol. The third kappa shape index (κ3) is 5.34. The summed E-state index contributed by atoms with van der Waals surface area (Å²) in [6.07, 6.45) is 2.69. The van der Waals surface area contributed by atoms with Crippen LogP contribution in [0.1, 0.15) is 37.3 Å². The normalized spacial score (nSPS) is 12.7. The molecule has 1 aromatic heterocycles. The van der Waals surface area contributed by atoms with Crippen LogP contribution in [0.25, 0.3) is 0 Å². The smallest absolute Gasteiger partial charge is 0.263 e. The van der Waals surface area contributed by atoms with Gasteiger partial charge < -0.3 is 0 Å². The van der Waals surface area contributed by atoms with E-state index in [1.165, 1.54) is 0 Å². The summed E-state index contributed by atoms with van der Waals surface area (Å²) in [7, 11) is -3.75. The summed E-state index contributed by atoms with van der Waals surface area (Å²) in [5.74, 6) is 0.599. The maximum atomic E-state index is 12.7. The van der Waals surface area contributed by atoms with Crippen LogP contribution in [0, 0.1) is 0 Å². The molecule has 154 valence electrons. The molecule has 1 N–H and O–H groups in total. The number of hydrogen-bond donors (Lipinski definition) is 1. The van der Waals surface area contributed by atoms with Crippen molar-refractivity contribution in [1.29, 1.82) is 0 Å². The molecule has 3 rings (SSSR count). The second-order valence-electron chi connectivity index (χ2n) is 6.76. The zero-order valence-corrected chi connectivity index (χ0v) is 19.8. The maximum Gasteiger partial charge on any atom is 0.263 e. The number of anilines is 1. The van der Waals surface area contributed by atoms with E-state index >= 15 is 0 Å². The van der Waals surface area contributed by atoms with Crippen molar-refractivity contribution in [2.45, 2.75) is 37.6 Å². The van der Waals surface area contributed by atoms with E-state index in [0.29, 0.717) is 27.0 Å². The number of hydrogen-bond acceptors (Lipinski definition) is 3. The first-order valence-corrected chi connectivity index (χ1v) is 12.0. The van der Waals surface area contributed by atoms with E-state index < -0.39 is 10.0 Å². The Labute approximate surface area is 189 Å². The van der Waals surface area contributed by atoms with Gasteiger partial charge in [0.25, 0.3) is 10.0 Å². The molecule has 29 heavy (non-hydrogen) atoms. The van der Waals surface area contributed by atoms with Crippen LogP contribution in [0.2, 0.25) is 10.0 Å². The van der Waals surface area contributed by atoms with Crippen LogP contribution in [0.3, 0.4) is 0 Å². The van der Waals surface area contributed by atoms with Crippen LogP contribution in [0.5, 0.6) is 0 Å². The number of aromatic nitrogens is 2. The van der Waals surface area contributed by atoms with E-state index in [4.69, 9.17) is 23.2 Å². The Morgan fingerprint density at radius 1 is 1.14 bits per heavy atom. The number of benzene rings is 2. The van der Waals surface area contributed by atoms with Crippen LogP contribution in [-0.4, -0.2) is 18.2 Å². The van der Waals surface area contributed by atoms with Gasteiger partial charge in [-0.3, -0.25) is 9.40 Å². The fraction of sp³-hybridized carbons (Fsp3) is 0.250. The number of nitrogens with zero attached hydrogens (tertiary/aromatic N) is 2. The van der Waals surface area contributed by atoms with E-state index in [1.54, 1.807) is 35.1 Å². The lowest BCUT2D eigenvalue weighted by atomic mass is 9.99. The molecule has 9 heteroatoms. The van der Waals surface area contributed by atoms with Crippen molar-refractivity contribution in [3.05, 3.63) is 74.3 Å². The summed E-state index contributed by atoms with van der Waals surface area (Å²) in [4.78, 5) is 0.190. The quantitative estimate of drug-likeness (QED) is 0.400. The summed E-state index contributed by atoms with van der Waals surface area (Å²) in [6, 6.07) is 12.2. The van der Waals surface area contributed by atoms with Crippen LogP contribution >= 0.6 is 39.1 Å². The van der Waals surface area contributed by atoms with Crippen LogP contribution in [0.15, 0.2) is 58.0 Å². The van der Waals surface area contributed by atoms with Gasteiger partial charge in [-0.2, -0.15) is 5.10 Å². The van der Waals surface area contributed by atoms with Crippen molar-refractivity contribution in [3.63, 3.8) is 0 Å². The molecule has 0 saturated heterocycles. The molecule has 2 aromatic carbocycles. The lowest BCUT2D eigenvalue weighted by Crippen LogP contribution is -2.14. The van der Waals surface area contributed by atoms with Crippen molar-refractivity contribution in [2.75, 3.05) is 4.72 Å². The lowest BCUT2D eigenvalue weighted by molar-refractivity contribution is 0.600. The maximum absolute atomic E-state index is 12.7. The molecule has 5 nitrogen and oxygen atoms in total. The topological polar surface area (TPSA) is 64.0 Å². The van der Waals surface area contributed by atoms with Gasteiger partial charge in [0.2, 0.25) is 0 Å². The van der Waals surface area contributed by atoms with Gasteiger partial charge in [0.05, 0.1) is 26.0 Å². The zero-order valence-electron chi connectivity index (χ0n) is 15.9. The standard InChI is InChI=1S/C20H20BrCl2N3O2S/c1-3-13(2)15-5-7-16(8-6-15)29(27,28)25-20-17(21)12-26(24-20)11-14-4-9-18(22)19(23)10-14/h4-10,12-13H,3,11H2,1-2H3,(H,24,25). The fourth-order valence-corrected chi connectivity index (χ4v) is 4.65. The molecule has 1 heterocycles. The summed E-state index contributed by atoms with van der Waals surface area (Å²) < 4.78 is 30.2. The zero-order chi connectivity index (χ0) is 21.2. The van der Waals surface area contributed by atoms with Crippen molar-refractivity contribution < 1.29 is 8.42 Å². The van der Waals surface area contributed by atoms with E-state index in [9.17, 15) is 8.42 Å². The Kier molecular flexibility index (Phi) is 6.94. The second kappa shape index (κ2) is 9.08. The van der Waals surface area contributed by atoms with Gasteiger partial charge in [0.15, 0.2) is 5.82 Å². The summed E-state index contributed by atoms with van der Waals surface area (Å²) in [5.41, 5.74) is 2.00. The minimum absolute atomic E-state index is 0.190. The molecule has 0 aliphatic carbocycles. The van der Waals surface area contributed by atoms with Crippen LogP contribution in [-0.2, 0) is 16.6 Å². The molecule has 0 bridgehead atoms. The minimum atomic E-state index is -3.75. The fourth-order valence-electron chi connectivity index (χ4n) is 2.77. The number of sulfonamides is 1. The molecule has 3 aromatic rings. The molecule has 0 saturated carbocycles. The molecular weight excluding hydrogens is 497 g/mol. The highest BCUT2D eigenvalue weighted by Gasteiger charge is 2.18. The Morgan fingerprint density at radius 3 is 2.45 bits per heavy atom. The second-order valence-corrected chi connectivity index (χ2v) is 10.1. The van der Waals surface area contributed by atoms with Crippen molar-refractivity contribution in [3.8, 4) is 0 Å². The molecule has 0 spiro atoms. The number of halogens is 3. The average molecular weight is 517 g/mol. The van der Waals surface area contributed by atoms with E-state index in [2.05, 4.69) is 39.6 Å². The van der Waals surface area contributed by atoms with Gasteiger partial charge in [-0.05, 0) is 63.7 Å². The minimum Gasteiger partial charge on any atom is -0.265 e. The number of nitrogens with one attached hydrogen (secondary N) is 1. The molecule has 1 atom stereocenters. The van der Waals surface area contributed by atoms with Gasteiger partial charge in [-0.1, -0.05) is 55.2 Å². The first kappa shape index (κ1) is 22.2. The van der Waals surface area contributed by atoms with E-state index in [1.807, 2.05) is 18.2 Å². The van der Waals surface area contributed by atoms with E-state index in [0.717, 1.165) is 17.5 Å². The Balaban J connectivity index is 1.78. The third-order valence-electron chi connectivity index (χ3n) is 4.65. The predicted octanol–water partition coefficient (Wildman–Crippen LogP) is 6.32. The number of rotatable bonds is 7. The molecule has 0 fully saturated rings. The molecule has 1 unspecified atom stereocenters. The highest BCUT2D eigenvalue weighted by atomic mass is 79.9. The van der Waals surface area contributed by atoms with E-state index in [-0.39, 0.29) is 10.7 Å². The Morgan fingerprint density at radius 2 is 1.83 bits per heavy atom. The van der Waals surface area contributed by atoms with Crippen LogP contribution < -0.4 is 4.72 Å². The highest BCUT2D eigenvalue weighted by molar-refractivity contribution is 9.10. The average Bonchev–Trinajstić information content (AvgIpc) is 3.02. The third-order valence-corrected chi connectivity index (χ3v) is 7.32. The van der Waals surface area contributed by atoms with Crippen molar-refractivity contribution in [2.24, 2.45) is 0 Å². The Bertz CT molecular complexity index is 1120. The van der Waals surface area contributed by atoms with Gasteiger partial charge in [0, 0.05) is 6.20 Å². The lowest BCUT2D eigenvalue weighted by Gasteiger charge is -2.10. The molecule has 0 aliphatic heterocycles. The largest absolute Gasteiger partial charge is 0.265 e.